The summed E-state index contributed by atoms with van der Waals surface area (Å²) >= 11 is 1.91. The van der Waals surface area contributed by atoms with Crippen LogP contribution >= 0.6 is 11.8 Å². The molecule has 1 aromatic rings. The molecule has 2 aliphatic heterocycles. The number of nitrogens with zero attached hydrogens (tertiary/aromatic N) is 1. The first-order valence-corrected chi connectivity index (χ1v) is 7.40. The summed E-state index contributed by atoms with van der Waals surface area (Å²) in [5.74, 6) is 0. The molecule has 0 amide bonds. The molecule has 0 fully saturated rings. The van der Waals surface area contributed by atoms with Crippen molar-refractivity contribution >= 4 is 23.0 Å². The summed E-state index contributed by atoms with van der Waals surface area (Å²) in [7, 11) is 0. The second-order valence-corrected chi connectivity index (χ2v) is 7.30. The maximum atomic E-state index is 4.32. The first-order chi connectivity index (χ1) is 8.95. The predicted molar refractivity (Wildman–Crippen MR) is 85.8 cm³/mol. The molecule has 0 bridgehead atoms. The topological polar surface area (TPSA) is 3.24 Å². The number of thioether (sulfide) groups is 1. The van der Waals surface area contributed by atoms with Gasteiger partial charge >= 0.3 is 0 Å². The van der Waals surface area contributed by atoms with Gasteiger partial charge in [0.1, 0.15) is 0 Å². The van der Waals surface area contributed by atoms with Crippen molar-refractivity contribution in [2.24, 2.45) is 0 Å². The monoisotopic (exact) mass is 269 g/mol. The fourth-order valence-corrected chi connectivity index (χ4v) is 4.08. The molecule has 2 aliphatic rings. The Balaban J connectivity index is 2.30. The van der Waals surface area contributed by atoms with Crippen molar-refractivity contribution in [1.82, 2.24) is 0 Å². The number of allylic oxidation sites excluding steroid dienone is 2. The Bertz CT molecular complexity index is 622. The third kappa shape index (κ3) is 1.70. The molecule has 0 saturated carbocycles. The Kier molecular flexibility index (Phi) is 2.68. The Morgan fingerprint density at radius 1 is 1.37 bits per heavy atom. The zero-order valence-corrected chi connectivity index (χ0v) is 12.6. The molecule has 2 heterocycles. The Morgan fingerprint density at radius 3 is 2.79 bits per heavy atom. The molecule has 0 atom stereocenters. The van der Waals surface area contributed by atoms with Gasteiger partial charge in [-0.05, 0) is 38.0 Å². The van der Waals surface area contributed by atoms with Gasteiger partial charge in [0.25, 0.3) is 0 Å². The number of anilines is 1. The standard InChI is InChI=1S/C17H19NS/c1-6-13-9-10-18-12(3)17(4,5)19-14-8-7-11(2)15(13)16(14)18/h6-9H,1,3,10H2,2,4-5H3. The van der Waals surface area contributed by atoms with E-state index in [4.69, 9.17) is 0 Å². The Hall–Kier alpha value is -1.41. The average Bonchev–Trinajstić information content (AvgIpc) is 2.38. The van der Waals surface area contributed by atoms with Crippen molar-refractivity contribution in [2.75, 3.05) is 11.4 Å². The Morgan fingerprint density at radius 2 is 2.11 bits per heavy atom. The van der Waals surface area contributed by atoms with Crippen molar-refractivity contribution in [3.05, 3.63) is 54.3 Å². The van der Waals surface area contributed by atoms with E-state index in [0.29, 0.717) is 0 Å². The molecule has 98 valence electrons. The van der Waals surface area contributed by atoms with Gasteiger partial charge in [0.2, 0.25) is 0 Å². The number of hydrogen-bond acceptors (Lipinski definition) is 2. The smallest absolute Gasteiger partial charge is 0.0632 e. The van der Waals surface area contributed by atoms with E-state index in [-0.39, 0.29) is 4.75 Å². The second kappa shape index (κ2) is 4.04. The second-order valence-electron chi connectivity index (χ2n) is 5.64. The molecule has 0 N–H and O–H groups in total. The van der Waals surface area contributed by atoms with Gasteiger partial charge in [0, 0.05) is 22.7 Å². The van der Waals surface area contributed by atoms with Crippen molar-refractivity contribution in [2.45, 2.75) is 30.4 Å². The van der Waals surface area contributed by atoms with E-state index in [1.54, 1.807) is 0 Å². The molecule has 0 aliphatic carbocycles. The number of aryl methyl sites for hydroxylation is 1. The van der Waals surface area contributed by atoms with E-state index in [2.05, 4.69) is 57.0 Å². The highest BCUT2D eigenvalue weighted by Gasteiger charge is 2.37. The highest BCUT2D eigenvalue weighted by atomic mass is 32.2. The highest BCUT2D eigenvalue weighted by Crippen LogP contribution is 2.53. The molecule has 1 aromatic carbocycles. The van der Waals surface area contributed by atoms with Crippen LogP contribution in [0.2, 0.25) is 0 Å². The largest absolute Gasteiger partial charge is 0.339 e. The fraction of sp³-hybridized carbons (Fsp3) is 0.294. The summed E-state index contributed by atoms with van der Waals surface area (Å²) < 4.78 is 0.0546. The first kappa shape index (κ1) is 12.6. The summed E-state index contributed by atoms with van der Waals surface area (Å²) in [6, 6.07) is 4.46. The normalized spacial score (nSPS) is 19.8. The minimum absolute atomic E-state index is 0.0546. The van der Waals surface area contributed by atoms with Gasteiger partial charge in [-0.3, -0.25) is 0 Å². The maximum absolute atomic E-state index is 4.32. The Labute approximate surface area is 119 Å². The van der Waals surface area contributed by atoms with Crippen LogP contribution < -0.4 is 4.90 Å². The molecular formula is C17H19NS. The molecule has 0 spiro atoms. The van der Waals surface area contributed by atoms with E-state index in [1.165, 1.54) is 33.0 Å². The quantitative estimate of drug-likeness (QED) is 0.721. The molecule has 0 saturated heterocycles. The van der Waals surface area contributed by atoms with Crippen molar-refractivity contribution < 1.29 is 0 Å². The third-order valence-electron chi connectivity index (χ3n) is 4.01. The molecule has 0 aromatic heterocycles. The lowest BCUT2D eigenvalue weighted by Gasteiger charge is -2.45. The molecule has 1 nitrogen and oxygen atoms in total. The van der Waals surface area contributed by atoms with Crippen LogP contribution in [0, 0.1) is 6.92 Å². The summed E-state index contributed by atoms with van der Waals surface area (Å²) in [6.07, 6.45) is 4.22. The van der Waals surface area contributed by atoms with E-state index in [9.17, 15) is 0 Å². The lowest BCUT2D eigenvalue weighted by molar-refractivity contribution is 0.757. The van der Waals surface area contributed by atoms with Gasteiger partial charge in [-0.2, -0.15) is 0 Å². The van der Waals surface area contributed by atoms with Crippen LogP contribution in [0.3, 0.4) is 0 Å². The van der Waals surface area contributed by atoms with Crippen LogP contribution in [0.15, 0.2) is 48.0 Å². The van der Waals surface area contributed by atoms with Crippen LogP contribution in [0.25, 0.3) is 5.57 Å². The van der Waals surface area contributed by atoms with Gasteiger partial charge in [-0.1, -0.05) is 31.4 Å². The zero-order valence-electron chi connectivity index (χ0n) is 11.8. The lowest BCUT2D eigenvalue weighted by Crippen LogP contribution is -2.39. The molecular weight excluding hydrogens is 250 g/mol. The highest BCUT2D eigenvalue weighted by molar-refractivity contribution is 8.01. The summed E-state index contributed by atoms with van der Waals surface area (Å²) in [6.45, 7) is 15.8. The summed E-state index contributed by atoms with van der Waals surface area (Å²) in [5.41, 5.74) is 6.40. The average molecular weight is 269 g/mol. The molecule has 2 heteroatoms. The molecule has 0 unspecified atom stereocenters. The van der Waals surface area contributed by atoms with Crippen LogP contribution in [-0.2, 0) is 0 Å². The van der Waals surface area contributed by atoms with Gasteiger partial charge in [-0.25, -0.2) is 0 Å². The van der Waals surface area contributed by atoms with E-state index < -0.39 is 0 Å². The van der Waals surface area contributed by atoms with Gasteiger partial charge in [-0.15, -0.1) is 11.8 Å². The van der Waals surface area contributed by atoms with E-state index in [1.807, 2.05) is 17.8 Å². The van der Waals surface area contributed by atoms with Gasteiger partial charge < -0.3 is 4.90 Å². The van der Waals surface area contributed by atoms with Crippen molar-refractivity contribution in [3.8, 4) is 0 Å². The molecule has 3 rings (SSSR count). The minimum Gasteiger partial charge on any atom is -0.339 e. The SMILES string of the molecule is C=CC1=CCN2C(=C)C(C)(C)Sc3ccc(C)c1c32. The summed E-state index contributed by atoms with van der Waals surface area (Å²) in [4.78, 5) is 3.71. The van der Waals surface area contributed by atoms with E-state index in [0.717, 1.165) is 6.54 Å². The van der Waals surface area contributed by atoms with E-state index >= 15 is 0 Å². The third-order valence-corrected chi connectivity index (χ3v) is 5.30. The van der Waals surface area contributed by atoms with Crippen LogP contribution in [-0.4, -0.2) is 11.3 Å². The molecule has 19 heavy (non-hydrogen) atoms. The summed E-state index contributed by atoms with van der Waals surface area (Å²) in [5, 5.41) is 0. The molecule has 0 radical (unpaired) electrons. The predicted octanol–water partition coefficient (Wildman–Crippen LogP) is 4.78. The minimum atomic E-state index is 0.0546. The number of hydrogen-bond donors (Lipinski definition) is 0. The number of benzene rings is 1. The van der Waals surface area contributed by atoms with Crippen molar-refractivity contribution in [1.29, 1.82) is 0 Å². The fourth-order valence-electron chi connectivity index (χ4n) is 2.86. The van der Waals surface area contributed by atoms with Crippen molar-refractivity contribution in [3.63, 3.8) is 0 Å². The zero-order chi connectivity index (χ0) is 13.8. The van der Waals surface area contributed by atoms with Gasteiger partial charge in [0.15, 0.2) is 0 Å². The number of rotatable bonds is 1. The van der Waals surface area contributed by atoms with Crippen LogP contribution in [0.5, 0.6) is 0 Å². The first-order valence-electron chi connectivity index (χ1n) is 6.58. The maximum Gasteiger partial charge on any atom is 0.0632 e. The van der Waals surface area contributed by atoms with Crippen LogP contribution in [0.1, 0.15) is 25.0 Å². The van der Waals surface area contributed by atoms with Gasteiger partial charge in [0.05, 0.1) is 10.4 Å². The lowest BCUT2D eigenvalue weighted by atomic mass is 9.93. The van der Waals surface area contributed by atoms with Crippen LogP contribution in [0.4, 0.5) is 5.69 Å².